The van der Waals surface area contributed by atoms with E-state index in [1.807, 2.05) is 16.9 Å². The van der Waals surface area contributed by atoms with Gasteiger partial charge in [0, 0.05) is 45.3 Å². The van der Waals surface area contributed by atoms with Crippen LogP contribution in [0.4, 0.5) is 5.95 Å². The summed E-state index contributed by atoms with van der Waals surface area (Å²) in [7, 11) is 1.63. The first-order valence-corrected chi connectivity index (χ1v) is 7.53. The normalized spacial score (nSPS) is 15.8. The van der Waals surface area contributed by atoms with Crippen LogP contribution in [0.1, 0.15) is 23.2 Å². The van der Waals surface area contributed by atoms with Crippen molar-refractivity contribution in [3.05, 3.63) is 36.4 Å². The van der Waals surface area contributed by atoms with Gasteiger partial charge in [0.05, 0.1) is 11.8 Å². The number of carbonyl (C=O) groups is 1. The molecule has 0 spiro atoms. The SMILES string of the molecule is CNC(=O)c1cnn(CC2CCN(c3ncccn3)CC2)c1. The van der Waals surface area contributed by atoms with Crippen LogP contribution < -0.4 is 10.2 Å². The molecule has 0 aliphatic carbocycles. The van der Waals surface area contributed by atoms with E-state index in [0.29, 0.717) is 11.5 Å². The molecule has 1 fully saturated rings. The van der Waals surface area contributed by atoms with Gasteiger partial charge in [-0.2, -0.15) is 5.10 Å². The molecule has 3 heterocycles. The van der Waals surface area contributed by atoms with Crippen molar-refractivity contribution in [3.63, 3.8) is 0 Å². The maximum atomic E-state index is 11.5. The molecule has 2 aromatic heterocycles. The van der Waals surface area contributed by atoms with Gasteiger partial charge in [0.25, 0.3) is 5.91 Å². The average molecular weight is 300 g/mol. The van der Waals surface area contributed by atoms with Crippen LogP contribution in [0, 0.1) is 5.92 Å². The average Bonchev–Trinajstić information content (AvgIpc) is 3.04. The fraction of sp³-hybridized carbons (Fsp3) is 0.467. The number of rotatable bonds is 4. The largest absolute Gasteiger partial charge is 0.355 e. The highest BCUT2D eigenvalue weighted by Crippen LogP contribution is 2.21. The molecule has 1 saturated heterocycles. The van der Waals surface area contributed by atoms with E-state index in [-0.39, 0.29) is 5.91 Å². The van der Waals surface area contributed by atoms with Gasteiger partial charge in [-0.25, -0.2) is 9.97 Å². The number of piperidine rings is 1. The Morgan fingerprint density at radius 2 is 2.05 bits per heavy atom. The molecule has 7 heteroatoms. The van der Waals surface area contributed by atoms with Crippen molar-refractivity contribution >= 4 is 11.9 Å². The van der Waals surface area contributed by atoms with Gasteiger partial charge in [-0.1, -0.05) is 0 Å². The van der Waals surface area contributed by atoms with Gasteiger partial charge in [0.2, 0.25) is 5.95 Å². The fourth-order valence-electron chi connectivity index (χ4n) is 2.76. The van der Waals surface area contributed by atoms with Crippen molar-refractivity contribution in [3.8, 4) is 0 Å². The minimum Gasteiger partial charge on any atom is -0.355 e. The summed E-state index contributed by atoms with van der Waals surface area (Å²) in [6.45, 7) is 2.76. The highest BCUT2D eigenvalue weighted by Gasteiger charge is 2.21. The second-order valence-corrected chi connectivity index (χ2v) is 5.51. The zero-order valence-electron chi connectivity index (χ0n) is 12.6. The van der Waals surface area contributed by atoms with Crippen LogP contribution in [0.25, 0.3) is 0 Å². The van der Waals surface area contributed by atoms with E-state index in [2.05, 4.69) is 25.3 Å². The summed E-state index contributed by atoms with van der Waals surface area (Å²) in [6, 6.07) is 1.83. The predicted octanol–water partition coefficient (Wildman–Crippen LogP) is 0.949. The molecule has 0 saturated carbocycles. The molecule has 1 aliphatic rings. The lowest BCUT2D eigenvalue weighted by molar-refractivity contribution is 0.0963. The minimum atomic E-state index is -0.0951. The van der Waals surface area contributed by atoms with Crippen LogP contribution >= 0.6 is 0 Å². The van der Waals surface area contributed by atoms with Crippen LogP contribution in [-0.2, 0) is 6.54 Å². The second-order valence-electron chi connectivity index (χ2n) is 5.51. The van der Waals surface area contributed by atoms with E-state index in [1.165, 1.54) is 0 Å². The molecule has 0 unspecified atom stereocenters. The van der Waals surface area contributed by atoms with E-state index in [1.54, 1.807) is 25.6 Å². The highest BCUT2D eigenvalue weighted by atomic mass is 16.1. The van der Waals surface area contributed by atoms with Gasteiger partial charge in [0.1, 0.15) is 0 Å². The molecule has 7 nitrogen and oxygen atoms in total. The Morgan fingerprint density at radius 1 is 1.32 bits per heavy atom. The predicted molar refractivity (Wildman–Crippen MR) is 82.6 cm³/mol. The maximum Gasteiger partial charge on any atom is 0.254 e. The molecule has 0 aromatic carbocycles. The topological polar surface area (TPSA) is 75.9 Å². The van der Waals surface area contributed by atoms with Crippen LogP contribution in [0.3, 0.4) is 0 Å². The van der Waals surface area contributed by atoms with Gasteiger partial charge in [-0.05, 0) is 24.8 Å². The summed E-state index contributed by atoms with van der Waals surface area (Å²) >= 11 is 0. The lowest BCUT2D eigenvalue weighted by Gasteiger charge is -2.31. The molecule has 3 rings (SSSR count). The lowest BCUT2D eigenvalue weighted by Crippen LogP contribution is -2.36. The molecule has 0 bridgehead atoms. The van der Waals surface area contributed by atoms with Gasteiger partial charge in [-0.3, -0.25) is 9.48 Å². The van der Waals surface area contributed by atoms with Crippen LogP contribution in [0.2, 0.25) is 0 Å². The Balaban J connectivity index is 1.54. The zero-order chi connectivity index (χ0) is 15.4. The number of hydrogen-bond donors (Lipinski definition) is 1. The molecule has 2 aromatic rings. The van der Waals surface area contributed by atoms with Gasteiger partial charge in [-0.15, -0.1) is 0 Å². The third-order valence-corrected chi connectivity index (χ3v) is 4.02. The Morgan fingerprint density at radius 3 is 2.73 bits per heavy atom. The maximum absolute atomic E-state index is 11.5. The van der Waals surface area contributed by atoms with Crippen molar-refractivity contribution in [2.75, 3.05) is 25.0 Å². The van der Waals surface area contributed by atoms with Crippen LogP contribution in [0.5, 0.6) is 0 Å². The number of hydrogen-bond acceptors (Lipinski definition) is 5. The zero-order valence-corrected chi connectivity index (χ0v) is 12.6. The van der Waals surface area contributed by atoms with Crippen molar-refractivity contribution in [2.24, 2.45) is 5.92 Å². The Kier molecular flexibility index (Phi) is 4.32. The number of amides is 1. The summed E-state index contributed by atoms with van der Waals surface area (Å²) in [5.41, 5.74) is 0.609. The van der Waals surface area contributed by atoms with Gasteiger partial charge in [0.15, 0.2) is 0 Å². The van der Waals surface area contributed by atoms with E-state index in [4.69, 9.17) is 0 Å². The summed E-state index contributed by atoms with van der Waals surface area (Å²) in [5.74, 6) is 1.28. The molecule has 0 atom stereocenters. The van der Waals surface area contributed by atoms with Crippen LogP contribution in [-0.4, -0.2) is 45.8 Å². The highest BCUT2D eigenvalue weighted by molar-refractivity contribution is 5.93. The molecule has 1 amide bonds. The molecule has 22 heavy (non-hydrogen) atoms. The Labute approximate surface area is 129 Å². The van der Waals surface area contributed by atoms with E-state index >= 15 is 0 Å². The first kappa shape index (κ1) is 14.5. The number of nitrogens with zero attached hydrogens (tertiary/aromatic N) is 5. The monoisotopic (exact) mass is 300 g/mol. The molecule has 1 N–H and O–H groups in total. The van der Waals surface area contributed by atoms with Crippen LogP contribution in [0.15, 0.2) is 30.9 Å². The quantitative estimate of drug-likeness (QED) is 0.910. The van der Waals surface area contributed by atoms with Crippen molar-refractivity contribution in [2.45, 2.75) is 19.4 Å². The molecule has 0 radical (unpaired) electrons. The first-order chi connectivity index (χ1) is 10.8. The van der Waals surface area contributed by atoms with E-state index in [0.717, 1.165) is 38.4 Å². The minimum absolute atomic E-state index is 0.0951. The third-order valence-electron chi connectivity index (χ3n) is 4.02. The van der Waals surface area contributed by atoms with Gasteiger partial charge < -0.3 is 10.2 Å². The molecular formula is C15H20N6O. The summed E-state index contributed by atoms with van der Waals surface area (Å²) < 4.78 is 1.86. The Hall–Kier alpha value is -2.44. The smallest absolute Gasteiger partial charge is 0.254 e. The van der Waals surface area contributed by atoms with Crippen molar-refractivity contribution in [1.29, 1.82) is 0 Å². The van der Waals surface area contributed by atoms with Crippen molar-refractivity contribution in [1.82, 2.24) is 25.1 Å². The number of aromatic nitrogens is 4. The first-order valence-electron chi connectivity index (χ1n) is 7.53. The van der Waals surface area contributed by atoms with E-state index in [9.17, 15) is 4.79 Å². The fourth-order valence-corrected chi connectivity index (χ4v) is 2.76. The van der Waals surface area contributed by atoms with Gasteiger partial charge >= 0.3 is 0 Å². The number of anilines is 1. The number of nitrogens with one attached hydrogen (secondary N) is 1. The molecular weight excluding hydrogens is 280 g/mol. The summed E-state index contributed by atoms with van der Waals surface area (Å²) in [5, 5.41) is 6.88. The van der Waals surface area contributed by atoms with E-state index < -0.39 is 0 Å². The lowest BCUT2D eigenvalue weighted by atomic mass is 9.97. The Bertz CT molecular complexity index is 618. The summed E-state index contributed by atoms with van der Waals surface area (Å²) in [4.78, 5) is 22.3. The summed E-state index contributed by atoms with van der Waals surface area (Å²) in [6.07, 6.45) is 9.13. The standard InChI is InChI=1S/C15H20N6O/c1-16-14(22)13-9-19-21(11-13)10-12-3-7-20(8-4-12)15-17-5-2-6-18-15/h2,5-6,9,11-12H,3-4,7-8,10H2,1H3,(H,16,22). The number of carbonyl (C=O) groups excluding carboxylic acids is 1. The second kappa shape index (κ2) is 6.55. The third kappa shape index (κ3) is 3.24. The molecule has 1 aliphatic heterocycles. The molecule has 116 valence electrons. The van der Waals surface area contributed by atoms with Crippen molar-refractivity contribution < 1.29 is 4.79 Å².